The summed E-state index contributed by atoms with van der Waals surface area (Å²) >= 11 is 6.98. The van der Waals surface area contributed by atoms with Gasteiger partial charge in [0.05, 0.1) is 0 Å². The molecule has 0 bridgehead atoms. The fraction of sp³-hybridized carbons (Fsp3) is 0.500. The molecule has 6 heteroatoms. The zero-order valence-corrected chi connectivity index (χ0v) is 6.21. The van der Waals surface area contributed by atoms with E-state index in [2.05, 4.69) is 25.3 Å². The van der Waals surface area contributed by atoms with Crippen LogP contribution in [0.15, 0.2) is 0 Å². The molecule has 0 fully saturated rings. The largest absolute Gasteiger partial charge is 0.479 e. The van der Waals surface area contributed by atoms with Crippen molar-refractivity contribution in [2.24, 2.45) is 0 Å². The zero-order chi connectivity index (χ0) is 6.78. The first-order chi connectivity index (χ1) is 3.50. The lowest BCUT2D eigenvalue weighted by atomic mass is 10.8. The summed E-state index contributed by atoms with van der Waals surface area (Å²) in [5.74, 6) is -1.28. The number of aliphatic carboxylic acids is 1. The molecule has 0 aromatic carbocycles. The van der Waals surface area contributed by atoms with Crippen molar-refractivity contribution in [3.05, 3.63) is 0 Å². The van der Waals surface area contributed by atoms with Crippen molar-refractivity contribution in [3.8, 4) is 0 Å². The monoisotopic (exact) mass is 172 g/mol. The Bertz CT molecular complexity index is 101. The SMILES string of the molecule is O=C(O)C(S)(S)SO. The summed E-state index contributed by atoms with van der Waals surface area (Å²) in [5, 5.41) is 8.11. The van der Waals surface area contributed by atoms with Gasteiger partial charge in [0.1, 0.15) is 0 Å². The number of carboxylic acid groups (broad SMARTS) is 1. The Labute approximate surface area is 61.5 Å². The van der Waals surface area contributed by atoms with Crippen molar-refractivity contribution in [1.29, 1.82) is 0 Å². The minimum absolute atomic E-state index is 0.0640. The van der Waals surface area contributed by atoms with E-state index in [1.54, 1.807) is 0 Å². The molecule has 0 rings (SSSR count). The van der Waals surface area contributed by atoms with Gasteiger partial charge in [-0.15, -0.1) is 25.3 Å². The van der Waals surface area contributed by atoms with E-state index in [1.807, 2.05) is 0 Å². The molecule has 0 radical (unpaired) electrons. The molecular formula is C2H4O3S3. The maximum atomic E-state index is 9.92. The summed E-state index contributed by atoms with van der Waals surface area (Å²) in [7, 11) is 0. The zero-order valence-electron chi connectivity index (χ0n) is 3.61. The molecule has 0 aliphatic rings. The highest BCUT2D eigenvalue weighted by Crippen LogP contribution is 2.30. The van der Waals surface area contributed by atoms with E-state index in [0.717, 1.165) is 0 Å². The molecule has 8 heavy (non-hydrogen) atoms. The molecule has 0 atom stereocenters. The van der Waals surface area contributed by atoms with Gasteiger partial charge in [0.15, 0.2) is 0 Å². The van der Waals surface area contributed by atoms with Crippen molar-refractivity contribution in [2.45, 2.75) is 3.41 Å². The van der Waals surface area contributed by atoms with Gasteiger partial charge in [-0.2, -0.15) is 0 Å². The van der Waals surface area contributed by atoms with Crippen molar-refractivity contribution >= 4 is 43.3 Å². The molecule has 0 aromatic rings. The van der Waals surface area contributed by atoms with E-state index in [0.29, 0.717) is 0 Å². The molecule has 0 heterocycles. The molecule has 0 saturated carbocycles. The highest BCUT2D eigenvalue weighted by atomic mass is 32.2. The average Bonchev–Trinajstić information content (AvgIpc) is 1.67. The van der Waals surface area contributed by atoms with Crippen LogP contribution in [0.1, 0.15) is 0 Å². The van der Waals surface area contributed by atoms with Gasteiger partial charge >= 0.3 is 5.97 Å². The van der Waals surface area contributed by atoms with Crippen LogP contribution in [-0.2, 0) is 4.79 Å². The van der Waals surface area contributed by atoms with Gasteiger partial charge in [-0.05, 0) is 0 Å². The molecule has 0 aromatic heterocycles. The van der Waals surface area contributed by atoms with Crippen molar-refractivity contribution in [2.75, 3.05) is 0 Å². The summed E-state index contributed by atoms with van der Waals surface area (Å²) in [4.78, 5) is 9.92. The van der Waals surface area contributed by atoms with E-state index in [1.165, 1.54) is 0 Å². The number of hydrogen-bond acceptors (Lipinski definition) is 5. The van der Waals surface area contributed by atoms with Crippen LogP contribution in [0.4, 0.5) is 0 Å². The Morgan fingerprint density at radius 1 is 1.62 bits per heavy atom. The third kappa shape index (κ3) is 2.17. The minimum atomic E-state index is -1.68. The molecule has 0 spiro atoms. The second kappa shape index (κ2) is 2.86. The number of thiol groups is 2. The first-order valence-corrected chi connectivity index (χ1v) is 3.18. The van der Waals surface area contributed by atoms with E-state index < -0.39 is 9.38 Å². The van der Waals surface area contributed by atoms with Gasteiger partial charge in [-0.25, -0.2) is 4.79 Å². The van der Waals surface area contributed by atoms with Crippen molar-refractivity contribution < 1.29 is 14.5 Å². The molecule has 0 aliphatic heterocycles. The first kappa shape index (κ1) is 8.48. The van der Waals surface area contributed by atoms with Gasteiger partial charge in [0.2, 0.25) is 3.41 Å². The van der Waals surface area contributed by atoms with Crippen LogP contribution in [0.5, 0.6) is 0 Å². The molecule has 3 nitrogen and oxygen atoms in total. The lowest BCUT2D eigenvalue weighted by Gasteiger charge is -2.09. The van der Waals surface area contributed by atoms with Gasteiger partial charge < -0.3 is 9.66 Å². The third-order valence-corrected chi connectivity index (χ3v) is 1.71. The standard InChI is InChI=1S/C2H4O3S3/c3-1(4)2(6,7)8-5/h5-7H,(H,3,4). The predicted octanol–water partition coefficient (Wildman–Crippen LogP) is 0.791. The second-order valence-electron chi connectivity index (χ2n) is 1.00. The molecule has 0 unspecified atom stereocenters. The molecule has 0 amide bonds. The van der Waals surface area contributed by atoms with E-state index in [-0.39, 0.29) is 12.0 Å². The van der Waals surface area contributed by atoms with Crippen LogP contribution in [0.25, 0.3) is 0 Å². The fourth-order valence-corrected chi connectivity index (χ4v) is 0.117. The molecular weight excluding hydrogens is 168 g/mol. The number of carboxylic acids is 1. The Morgan fingerprint density at radius 2 is 2.00 bits per heavy atom. The smallest absolute Gasteiger partial charge is 0.342 e. The van der Waals surface area contributed by atoms with Crippen LogP contribution >= 0.6 is 37.3 Å². The quantitative estimate of drug-likeness (QED) is 0.282. The van der Waals surface area contributed by atoms with Crippen molar-refractivity contribution in [3.63, 3.8) is 0 Å². The van der Waals surface area contributed by atoms with Crippen LogP contribution in [0, 0.1) is 0 Å². The summed E-state index contributed by atoms with van der Waals surface area (Å²) in [6, 6.07) is 0. The highest BCUT2D eigenvalue weighted by Gasteiger charge is 2.30. The summed E-state index contributed by atoms with van der Waals surface area (Å²) in [6.45, 7) is 0. The summed E-state index contributed by atoms with van der Waals surface area (Å²) in [5.41, 5.74) is 0. The van der Waals surface area contributed by atoms with E-state index in [9.17, 15) is 4.79 Å². The highest BCUT2D eigenvalue weighted by molar-refractivity contribution is 8.23. The van der Waals surface area contributed by atoms with E-state index >= 15 is 0 Å². The van der Waals surface area contributed by atoms with Crippen LogP contribution in [0.3, 0.4) is 0 Å². The van der Waals surface area contributed by atoms with Gasteiger partial charge in [-0.3, -0.25) is 0 Å². The molecule has 2 N–H and O–H groups in total. The van der Waals surface area contributed by atoms with Gasteiger partial charge in [-0.1, -0.05) is 0 Å². The Kier molecular flexibility index (Phi) is 3.03. The van der Waals surface area contributed by atoms with Crippen LogP contribution < -0.4 is 0 Å². The maximum Gasteiger partial charge on any atom is 0.342 e. The Hall–Kier alpha value is 0.480. The van der Waals surface area contributed by atoms with Crippen LogP contribution in [-0.4, -0.2) is 19.0 Å². The average molecular weight is 172 g/mol. The van der Waals surface area contributed by atoms with Gasteiger partial charge in [0.25, 0.3) is 0 Å². The Balaban J connectivity index is 3.91. The molecule has 48 valence electrons. The number of rotatable bonds is 2. The third-order valence-electron chi connectivity index (χ3n) is 0.406. The predicted molar refractivity (Wildman–Crippen MR) is 38.6 cm³/mol. The van der Waals surface area contributed by atoms with Gasteiger partial charge in [0, 0.05) is 12.0 Å². The number of hydrogen-bond donors (Lipinski definition) is 4. The topological polar surface area (TPSA) is 57.5 Å². The summed E-state index contributed by atoms with van der Waals surface area (Å²) < 4.78 is 6.47. The maximum absolute atomic E-state index is 9.92. The Morgan fingerprint density at radius 3 is 2.00 bits per heavy atom. The molecule has 0 saturated heterocycles. The number of carbonyl (C=O) groups is 1. The van der Waals surface area contributed by atoms with Crippen LogP contribution in [0.2, 0.25) is 0 Å². The minimum Gasteiger partial charge on any atom is -0.479 e. The van der Waals surface area contributed by atoms with E-state index in [4.69, 9.17) is 9.66 Å². The lowest BCUT2D eigenvalue weighted by Crippen LogP contribution is -2.20. The fourth-order valence-electron chi connectivity index (χ4n) is 0.0390. The molecule has 0 aliphatic carbocycles. The van der Waals surface area contributed by atoms with Crippen molar-refractivity contribution in [1.82, 2.24) is 0 Å². The summed E-state index contributed by atoms with van der Waals surface area (Å²) in [6.07, 6.45) is 0. The second-order valence-corrected chi connectivity index (χ2v) is 4.10. The normalized spacial score (nSPS) is 11.4. The first-order valence-electron chi connectivity index (χ1n) is 1.51. The lowest BCUT2D eigenvalue weighted by molar-refractivity contribution is -0.135.